The zero-order chi connectivity index (χ0) is 10.8. The molecule has 0 aliphatic heterocycles. The number of aromatic hydroxyl groups is 3. The van der Waals surface area contributed by atoms with Crippen LogP contribution in [0.5, 0.6) is 17.2 Å². The van der Waals surface area contributed by atoms with E-state index in [4.69, 9.17) is 9.52 Å². The number of hydrogen-bond acceptors (Lipinski definition) is 4. The molecule has 0 aliphatic carbocycles. The molecule has 1 heterocycles. The summed E-state index contributed by atoms with van der Waals surface area (Å²) in [4.78, 5) is 0. The molecule has 2 aromatic rings. The SMILES string of the molecule is Oc1cc(O)c(Cc2ccco2)c(O)c1. The van der Waals surface area contributed by atoms with Gasteiger partial charge in [0.15, 0.2) is 0 Å². The Bertz CT molecular complexity index is 436. The molecule has 1 aromatic carbocycles. The van der Waals surface area contributed by atoms with Gasteiger partial charge in [-0.25, -0.2) is 0 Å². The zero-order valence-electron chi connectivity index (χ0n) is 7.84. The smallest absolute Gasteiger partial charge is 0.126 e. The second-order valence-electron chi connectivity index (χ2n) is 3.22. The van der Waals surface area contributed by atoms with Crippen molar-refractivity contribution < 1.29 is 19.7 Å². The Morgan fingerprint density at radius 2 is 1.73 bits per heavy atom. The van der Waals surface area contributed by atoms with Crippen molar-refractivity contribution in [2.75, 3.05) is 0 Å². The van der Waals surface area contributed by atoms with E-state index in [1.807, 2.05) is 0 Å². The zero-order valence-corrected chi connectivity index (χ0v) is 7.84. The van der Waals surface area contributed by atoms with Crippen molar-refractivity contribution >= 4 is 0 Å². The van der Waals surface area contributed by atoms with Gasteiger partial charge in [0.05, 0.1) is 6.26 Å². The fourth-order valence-corrected chi connectivity index (χ4v) is 1.40. The largest absolute Gasteiger partial charge is 0.508 e. The lowest BCUT2D eigenvalue weighted by molar-refractivity contribution is 0.416. The normalized spacial score (nSPS) is 10.4. The van der Waals surface area contributed by atoms with Crippen LogP contribution in [0.2, 0.25) is 0 Å². The third-order valence-electron chi connectivity index (χ3n) is 2.12. The van der Waals surface area contributed by atoms with Gasteiger partial charge in [0.2, 0.25) is 0 Å². The summed E-state index contributed by atoms with van der Waals surface area (Å²) in [6.45, 7) is 0. The summed E-state index contributed by atoms with van der Waals surface area (Å²) >= 11 is 0. The van der Waals surface area contributed by atoms with E-state index in [0.717, 1.165) is 0 Å². The molecule has 78 valence electrons. The van der Waals surface area contributed by atoms with Crippen molar-refractivity contribution in [1.82, 2.24) is 0 Å². The third kappa shape index (κ3) is 1.88. The average Bonchev–Trinajstić information content (AvgIpc) is 2.63. The van der Waals surface area contributed by atoms with Gasteiger partial charge < -0.3 is 19.7 Å². The van der Waals surface area contributed by atoms with Crippen molar-refractivity contribution in [2.45, 2.75) is 6.42 Å². The van der Waals surface area contributed by atoms with Gasteiger partial charge in [-0.15, -0.1) is 0 Å². The van der Waals surface area contributed by atoms with Gasteiger partial charge in [0.1, 0.15) is 23.0 Å². The molecule has 0 atom stereocenters. The number of furan rings is 1. The maximum Gasteiger partial charge on any atom is 0.126 e. The van der Waals surface area contributed by atoms with Crippen LogP contribution in [0.1, 0.15) is 11.3 Å². The molecule has 1 aromatic heterocycles. The molecule has 3 N–H and O–H groups in total. The molecule has 4 nitrogen and oxygen atoms in total. The van der Waals surface area contributed by atoms with E-state index in [2.05, 4.69) is 0 Å². The number of rotatable bonds is 2. The molecule has 0 spiro atoms. The van der Waals surface area contributed by atoms with E-state index in [0.29, 0.717) is 11.3 Å². The van der Waals surface area contributed by atoms with Gasteiger partial charge in [-0.1, -0.05) is 0 Å². The average molecular weight is 206 g/mol. The molecule has 2 rings (SSSR count). The monoisotopic (exact) mass is 206 g/mol. The summed E-state index contributed by atoms with van der Waals surface area (Å²) < 4.78 is 5.09. The van der Waals surface area contributed by atoms with Crippen molar-refractivity contribution in [1.29, 1.82) is 0 Å². The first-order valence-electron chi connectivity index (χ1n) is 4.43. The number of benzene rings is 1. The van der Waals surface area contributed by atoms with Gasteiger partial charge in [-0.05, 0) is 12.1 Å². The Labute approximate surface area is 86.0 Å². The predicted octanol–water partition coefficient (Wildman–Crippen LogP) is 1.99. The predicted molar refractivity (Wildman–Crippen MR) is 53.0 cm³/mol. The van der Waals surface area contributed by atoms with Crippen LogP contribution in [-0.2, 0) is 6.42 Å². The Balaban J connectivity index is 2.36. The van der Waals surface area contributed by atoms with Crippen LogP contribution in [0.25, 0.3) is 0 Å². The molecule has 0 fully saturated rings. The van der Waals surface area contributed by atoms with Crippen LogP contribution in [0, 0.1) is 0 Å². The summed E-state index contributed by atoms with van der Waals surface area (Å²) in [7, 11) is 0. The van der Waals surface area contributed by atoms with Crippen LogP contribution in [-0.4, -0.2) is 15.3 Å². The number of hydrogen-bond donors (Lipinski definition) is 3. The van der Waals surface area contributed by atoms with Crippen molar-refractivity contribution in [3.05, 3.63) is 41.9 Å². The van der Waals surface area contributed by atoms with Crippen LogP contribution in [0.4, 0.5) is 0 Å². The third-order valence-corrected chi connectivity index (χ3v) is 2.12. The van der Waals surface area contributed by atoms with E-state index in [9.17, 15) is 10.2 Å². The minimum atomic E-state index is -0.173. The van der Waals surface area contributed by atoms with E-state index in [-0.39, 0.29) is 23.7 Å². The highest BCUT2D eigenvalue weighted by molar-refractivity contribution is 5.49. The molecule has 0 unspecified atom stereocenters. The van der Waals surface area contributed by atoms with E-state index < -0.39 is 0 Å². The Morgan fingerprint density at radius 1 is 1.07 bits per heavy atom. The van der Waals surface area contributed by atoms with Gasteiger partial charge in [0, 0.05) is 24.1 Å². The number of phenols is 3. The first-order valence-corrected chi connectivity index (χ1v) is 4.43. The summed E-state index contributed by atoms with van der Waals surface area (Å²) in [6.07, 6.45) is 1.80. The lowest BCUT2D eigenvalue weighted by atomic mass is 10.1. The quantitative estimate of drug-likeness (QED) is 0.702. The van der Waals surface area contributed by atoms with E-state index in [1.54, 1.807) is 12.1 Å². The highest BCUT2D eigenvalue weighted by atomic mass is 16.3. The fourth-order valence-electron chi connectivity index (χ4n) is 1.40. The van der Waals surface area contributed by atoms with Gasteiger partial charge in [-0.2, -0.15) is 0 Å². The van der Waals surface area contributed by atoms with Crippen molar-refractivity contribution in [2.24, 2.45) is 0 Å². The van der Waals surface area contributed by atoms with Gasteiger partial charge in [0.25, 0.3) is 0 Å². The lowest BCUT2D eigenvalue weighted by Gasteiger charge is -2.06. The highest BCUT2D eigenvalue weighted by Crippen LogP contribution is 2.33. The van der Waals surface area contributed by atoms with Gasteiger partial charge in [-0.3, -0.25) is 0 Å². The maximum absolute atomic E-state index is 9.51. The molecule has 0 amide bonds. The molecule has 0 saturated heterocycles. The summed E-state index contributed by atoms with van der Waals surface area (Å²) in [5.41, 5.74) is 0.336. The molecule has 0 radical (unpaired) electrons. The minimum absolute atomic E-state index is 0.149. The highest BCUT2D eigenvalue weighted by Gasteiger charge is 2.11. The lowest BCUT2D eigenvalue weighted by Crippen LogP contribution is -1.87. The second kappa shape index (κ2) is 3.57. The van der Waals surface area contributed by atoms with E-state index in [1.165, 1.54) is 18.4 Å². The topological polar surface area (TPSA) is 73.8 Å². The molecular weight excluding hydrogens is 196 g/mol. The van der Waals surface area contributed by atoms with Crippen molar-refractivity contribution in [3.63, 3.8) is 0 Å². The van der Waals surface area contributed by atoms with Gasteiger partial charge >= 0.3 is 0 Å². The maximum atomic E-state index is 9.51. The van der Waals surface area contributed by atoms with Crippen LogP contribution < -0.4 is 0 Å². The Kier molecular flexibility index (Phi) is 2.25. The first kappa shape index (κ1) is 9.45. The Hall–Kier alpha value is -2.10. The summed E-state index contributed by atoms with van der Waals surface area (Å²) in [6, 6.07) is 5.82. The van der Waals surface area contributed by atoms with Crippen molar-refractivity contribution in [3.8, 4) is 17.2 Å². The standard InChI is InChI=1S/C11H10O4/c12-7-4-10(13)9(11(14)5-7)6-8-2-1-3-15-8/h1-5,12-14H,6H2. The fraction of sp³-hybridized carbons (Fsp3) is 0.0909. The summed E-state index contributed by atoms with van der Waals surface area (Å²) in [5.74, 6) is 0.160. The van der Waals surface area contributed by atoms with Crippen LogP contribution in [0.3, 0.4) is 0 Å². The van der Waals surface area contributed by atoms with Crippen LogP contribution >= 0.6 is 0 Å². The first-order chi connectivity index (χ1) is 7.16. The summed E-state index contributed by atoms with van der Waals surface area (Å²) in [5, 5.41) is 28.1. The molecule has 0 bridgehead atoms. The minimum Gasteiger partial charge on any atom is -0.508 e. The molecule has 4 heteroatoms. The number of phenolic OH excluding ortho intramolecular Hbond substituents is 3. The Morgan fingerprint density at radius 3 is 2.27 bits per heavy atom. The molecule has 0 aliphatic rings. The molecule has 15 heavy (non-hydrogen) atoms. The molecule has 0 saturated carbocycles. The van der Waals surface area contributed by atoms with Crippen LogP contribution in [0.15, 0.2) is 34.9 Å². The second-order valence-corrected chi connectivity index (χ2v) is 3.22. The van der Waals surface area contributed by atoms with E-state index >= 15 is 0 Å². The molecular formula is C11H10O4.